The number of aromatic nitrogens is 1. The second-order valence-corrected chi connectivity index (χ2v) is 6.12. The highest BCUT2D eigenvalue weighted by Crippen LogP contribution is 2.43. The normalized spacial score (nSPS) is 14.6. The molecular weight excluding hydrogens is 316 g/mol. The smallest absolute Gasteiger partial charge is 0.130 e. The highest BCUT2D eigenvalue weighted by atomic mass is 79.9. The molecule has 3 nitrogen and oxygen atoms in total. The topological polar surface area (TPSA) is 34.2 Å². The Balaban J connectivity index is 2.21. The van der Waals surface area contributed by atoms with E-state index in [1.807, 2.05) is 12.1 Å². The van der Waals surface area contributed by atoms with Crippen LogP contribution in [-0.2, 0) is 0 Å². The van der Waals surface area contributed by atoms with E-state index >= 15 is 0 Å². The summed E-state index contributed by atoms with van der Waals surface area (Å²) in [6.07, 6.45) is 3.61. The number of rotatable bonds is 5. The molecule has 0 saturated heterocycles. The Kier molecular flexibility index (Phi) is 3.83. The molecular formula is C16H19BrN2O. The number of nitrogens with one attached hydrogen (secondary N) is 1. The summed E-state index contributed by atoms with van der Waals surface area (Å²) < 4.78 is 6.54. The van der Waals surface area contributed by atoms with Gasteiger partial charge in [-0.1, -0.05) is 6.92 Å². The summed E-state index contributed by atoms with van der Waals surface area (Å²) in [6.45, 7) is 3.13. The maximum atomic E-state index is 5.52. The molecule has 1 aliphatic rings. The van der Waals surface area contributed by atoms with Gasteiger partial charge in [0.1, 0.15) is 5.75 Å². The molecule has 0 atom stereocenters. The summed E-state index contributed by atoms with van der Waals surface area (Å²) in [5.41, 5.74) is 3.33. The zero-order valence-electron chi connectivity index (χ0n) is 11.9. The SMILES string of the molecule is CCCNc1cc(C2CC2)nc2c(Br)ccc(OC)c12. The fraction of sp³-hybridized carbons (Fsp3) is 0.438. The first-order valence-electron chi connectivity index (χ1n) is 7.15. The molecule has 0 spiro atoms. The Morgan fingerprint density at radius 1 is 1.40 bits per heavy atom. The molecule has 3 rings (SSSR count). The molecule has 1 fully saturated rings. The number of fused-ring (bicyclic) bond motifs is 1. The van der Waals surface area contributed by atoms with Crippen LogP contribution in [0.3, 0.4) is 0 Å². The predicted octanol–water partition coefficient (Wildman–Crippen LogP) is 4.71. The van der Waals surface area contributed by atoms with Crippen molar-refractivity contribution in [3.63, 3.8) is 0 Å². The highest BCUT2D eigenvalue weighted by Gasteiger charge is 2.26. The third-order valence-electron chi connectivity index (χ3n) is 3.67. The Bertz CT molecular complexity index is 638. The molecule has 2 aromatic rings. The van der Waals surface area contributed by atoms with Crippen LogP contribution in [0.5, 0.6) is 5.75 Å². The van der Waals surface area contributed by atoms with Gasteiger partial charge in [-0.15, -0.1) is 0 Å². The average molecular weight is 335 g/mol. The number of methoxy groups -OCH3 is 1. The summed E-state index contributed by atoms with van der Waals surface area (Å²) in [6, 6.07) is 6.20. The van der Waals surface area contributed by atoms with E-state index in [9.17, 15) is 0 Å². The summed E-state index contributed by atoms with van der Waals surface area (Å²) in [5, 5.41) is 4.59. The van der Waals surface area contributed by atoms with Gasteiger partial charge in [-0.2, -0.15) is 0 Å². The van der Waals surface area contributed by atoms with Gasteiger partial charge < -0.3 is 10.1 Å². The Morgan fingerprint density at radius 2 is 2.20 bits per heavy atom. The third-order valence-corrected chi connectivity index (χ3v) is 4.31. The van der Waals surface area contributed by atoms with Crippen LogP contribution in [0.1, 0.15) is 37.8 Å². The number of benzene rings is 1. The second-order valence-electron chi connectivity index (χ2n) is 5.27. The van der Waals surface area contributed by atoms with Crippen molar-refractivity contribution in [1.82, 2.24) is 4.98 Å². The maximum absolute atomic E-state index is 5.52. The number of anilines is 1. The lowest BCUT2D eigenvalue weighted by Crippen LogP contribution is -2.03. The molecule has 1 aliphatic carbocycles. The van der Waals surface area contributed by atoms with Crippen molar-refractivity contribution in [3.8, 4) is 5.75 Å². The van der Waals surface area contributed by atoms with Gasteiger partial charge >= 0.3 is 0 Å². The van der Waals surface area contributed by atoms with Crippen LogP contribution in [-0.4, -0.2) is 18.6 Å². The molecule has 0 aliphatic heterocycles. The van der Waals surface area contributed by atoms with Gasteiger partial charge in [0.2, 0.25) is 0 Å². The number of halogens is 1. The van der Waals surface area contributed by atoms with Crippen molar-refractivity contribution in [1.29, 1.82) is 0 Å². The Labute approximate surface area is 127 Å². The van der Waals surface area contributed by atoms with Gasteiger partial charge in [0.15, 0.2) is 0 Å². The second kappa shape index (κ2) is 5.60. The summed E-state index contributed by atoms with van der Waals surface area (Å²) in [5.74, 6) is 1.51. The van der Waals surface area contributed by atoms with Crippen molar-refractivity contribution in [3.05, 3.63) is 28.4 Å². The van der Waals surface area contributed by atoms with Crippen molar-refractivity contribution >= 4 is 32.5 Å². The van der Waals surface area contributed by atoms with E-state index in [1.165, 1.54) is 18.5 Å². The number of hydrogen-bond donors (Lipinski definition) is 1. The molecule has 1 N–H and O–H groups in total. The third kappa shape index (κ3) is 2.49. The lowest BCUT2D eigenvalue weighted by Gasteiger charge is -2.15. The van der Waals surface area contributed by atoms with E-state index in [1.54, 1.807) is 7.11 Å². The van der Waals surface area contributed by atoms with Gasteiger partial charge in [-0.05, 0) is 53.4 Å². The van der Waals surface area contributed by atoms with Gasteiger partial charge in [0, 0.05) is 28.3 Å². The molecule has 106 valence electrons. The Hall–Kier alpha value is -1.29. The summed E-state index contributed by atoms with van der Waals surface area (Å²) >= 11 is 3.62. The van der Waals surface area contributed by atoms with E-state index < -0.39 is 0 Å². The summed E-state index contributed by atoms with van der Waals surface area (Å²) in [7, 11) is 1.71. The van der Waals surface area contributed by atoms with Crippen LogP contribution in [0.25, 0.3) is 10.9 Å². The van der Waals surface area contributed by atoms with Crippen molar-refractivity contribution in [2.75, 3.05) is 19.0 Å². The molecule has 0 unspecified atom stereocenters. The van der Waals surface area contributed by atoms with Crippen molar-refractivity contribution in [2.24, 2.45) is 0 Å². The van der Waals surface area contributed by atoms with Crippen LogP contribution < -0.4 is 10.1 Å². The minimum atomic E-state index is 0.639. The number of nitrogens with zero attached hydrogens (tertiary/aromatic N) is 1. The zero-order valence-corrected chi connectivity index (χ0v) is 13.5. The monoisotopic (exact) mass is 334 g/mol. The molecule has 4 heteroatoms. The fourth-order valence-corrected chi connectivity index (χ4v) is 2.87. The van der Waals surface area contributed by atoms with E-state index in [4.69, 9.17) is 9.72 Å². The average Bonchev–Trinajstić information content (AvgIpc) is 3.30. The largest absolute Gasteiger partial charge is 0.496 e. The van der Waals surface area contributed by atoms with Gasteiger partial charge in [-0.25, -0.2) is 0 Å². The maximum Gasteiger partial charge on any atom is 0.130 e. The van der Waals surface area contributed by atoms with E-state index in [0.29, 0.717) is 5.92 Å². The first kappa shape index (κ1) is 13.7. The number of pyridine rings is 1. The van der Waals surface area contributed by atoms with E-state index in [0.717, 1.165) is 39.8 Å². The lowest BCUT2D eigenvalue weighted by molar-refractivity contribution is 0.420. The van der Waals surface area contributed by atoms with Gasteiger partial charge in [-0.3, -0.25) is 4.98 Å². The minimum absolute atomic E-state index is 0.639. The van der Waals surface area contributed by atoms with Crippen molar-refractivity contribution < 1.29 is 4.74 Å². The first-order valence-corrected chi connectivity index (χ1v) is 7.95. The molecule has 1 aromatic carbocycles. The van der Waals surface area contributed by atoms with Crippen LogP contribution in [0.4, 0.5) is 5.69 Å². The molecule has 0 bridgehead atoms. The molecule has 1 heterocycles. The van der Waals surface area contributed by atoms with Crippen molar-refractivity contribution in [2.45, 2.75) is 32.1 Å². The molecule has 20 heavy (non-hydrogen) atoms. The molecule has 1 saturated carbocycles. The van der Waals surface area contributed by atoms with Crippen LogP contribution >= 0.6 is 15.9 Å². The molecule has 0 amide bonds. The molecule has 1 aromatic heterocycles. The lowest BCUT2D eigenvalue weighted by atomic mass is 10.1. The first-order chi connectivity index (χ1) is 9.74. The number of hydrogen-bond acceptors (Lipinski definition) is 3. The van der Waals surface area contributed by atoms with Crippen LogP contribution in [0, 0.1) is 0 Å². The molecule has 0 radical (unpaired) electrons. The zero-order chi connectivity index (χ0) is 14.1. The quantitative estimate of drug-likeness (QED) is 0.860. The van der Waals surface area contributed by atoms with E-state index in [-0.39, 0.29) is 0 Å². The number of ether oxygens (including phenoxy) is 1. The predicted molar refractivity (Wildman–Crippen MR) is 86.8 cm³/mol. The Morgan fingerprint density at radius 3 is 2.85 bits per heavy atom. The van der Waals surface area contributed by atoms with E-state index in [2.05, 4.69) is 34.2 Å². The van der Waals surface area contributed by atoms with Crippen LogP contribution in [0.15, 0.2) is 22.7 Å². The summed E-state index contributed by atoms with van der Waals surface area (Å²) in [4.78, 5) is 4.85. The minimum Gasteiger partial charge on any atom is -0.496 e. The highest BCUT2D eigenvalue weighted by molar-refractivity contribution is 9.10. The standard InChI is InChI=1S/C16H19BrN2O/c1-3-8-18-13-9-12(10-4-5-10)19-16-11(17)6-7-14(20-2)15(13)16/h6-7,9-10H,3-5,8H2,1-2H3,(H,18,19). The van der Waals surface area contributed by atoms with Gasteiger partial charge in [0.25, 0.3) is 0 Å². The van der Waals surface area contributed by atoms with Crippen LogP contribution in [0.2, 0.25) is 0 Å². The van der Waals surface area contributed by atoms with Gasteiger partial charge in [0.05, 0.1) is 18.0 Å². The fourth-order valence-electron chi connectivity index (χ4n) is 2.46.